The molecule has 0 unspecified atom stereocenters. The number of hydrogen-bond donors (Lipinski definition) is 3. The van der Waals surface area contributed by atoms with Crippen molar-refractivity contribution in [3.05, 3.63) is 65.5 Å². The molecule has 3 N–H and O–H groups in total. The first kappa shape index (κ1) is 15.8. The Kier molecular flexibility index (Phi) is 5.57. The van der Waals surface area contributed by atoms with E-state index in [-0.39, 0.29) is 5.56 Å². The zero-order valence-corrected chi connectivity index (χ0v) is 10.6. The van der Waals surface area contributed by atoms with Gasteiger partial charge in [0.05, 0.1) is 16.7 Å². The highest BCUT2D eigenvalue weighted by molar-refractivity contribution is 6.03. The van der Waals surface area contributed by atoms with Gasteiger partial charge in [-0.05, 0) is 30.3 Å². The molecule has 2 aromatic rings. The molecule has 1 heterocycles. The van der Waals surface area contributed by atoms with Crippen LogP contribution in [0.4, 0.5) is 0 Å². The van der Waals surface area contributed by atoms with E-state index in [1.165, 1.54) is 0 Å². The van der Waals surface area contributed by atoms with E-state index in [1.807, 2.05) is 18.2 Å². The van der Waals surface area contributed by atoms with Crippen LogP contribution in [-0.2, 0) is 0 Å². The lowest BCUT2D eigenvalue weighted by Crippen LogP contribution is -2.10. The fourth-order valence-electron chi connectivity index (χ4n) is 1.35. The minimum absolute atomic E-state index is 0.266. The quantitative estimate of drug-likeness (QED) is 0.787. The van der Waals surface area contributed by atoms with Crippen molar-refractivity contribution < 1.29 is 29.7 Å². The second-order valence-corrected chi connectivity index (χ2v) is 3.70. The number of pyridine rings is 1. The van der Waals surface area contributed by atoms with Crippen LogP contribution in [-0.4, -0.2) is 38.2 Å². The third kappa shape index (κ3) is 4.75. The van der Waals surface area contributed by atoms with Gasteiger partial charge >= 0.3 is 17.9 Å². The maximum Gasteiger partial charge on any atom is 0.336 e. The molecule has 0 radical (unpaired) electrons. The van der Waals surface area contributed by atoms with E-state index in [2.05, 4.69) is 4.98 Å². The first-order chi connectivity index (χ1) is 9.93. The van der Waals surface area contributed by atoms with Crippen LogP contribution in [0.25, 0.3) is 0 Å². The molecule has 0 saturated carbocycles. The van der Waals surface area contributed by atoms with Crippen molar-refractivity contribution in [2.45, 2.75) is 0 Å². The molecule has 0 aliphatic heterocycles. The summed E-state index contributed by atoms with van der Waals surface area (Å²) in [6, 6.07) is 8.52. The summed E-state index contributed by atoms with van der Waals surface area (Å²) in [5, 5.41) is 25.9. The molecule has 0 amide bonds. The lowest BCUT2D eigenvalue weighted by atomic mass is 10.0. The first-order valence-electron chi connectivity index (χ1n) is 5.62. The molecule has 0 atom stereocenters. The lowest BCUT2D eigenvalue weighted by Gasteiger charge is -2.02. The average Bonchev–Trinajstić information content (AvgIpc) is 2.48. The SMILES string of the molecule is O=C(O)c1ccc(C(=O)O)c(C(=O)O)c1.c1ccncc1. The summed E-state index contributed by atoms with van der Waals surface area (Å²) in [5.41, 5.74) is -1.24. The van der Waals surface area contributed by atoms with Crippen LogP contribution in [0.15, 0.2) is 48.8 Å². The molecule has 2 rings (SSSR count). The van der Waals surface area contributed by atoms with Gasteiger partial charge in [-0.25, -0.2) is 14.4 Å². The Morgan fingerprint density at radius 3 is 1.67 bits per heavy atom. The molecular weight excluding hydrogens is 278 g/mol. The summed E-state index contributed by atoms with van der Waals surface area (Å²) in [4.78, 5) is 35.5. The van der Waals surface area contributed by atoms with Gasteiger partial charge in [0, 0.05) is 12.4 Å². The summed E-state index contributed by atoms with van der Waals surface area (Å²) in [5.74, 6) is -4.20. The number of carbonyl (C=O) groups is 3. The van der Waals surface area contributed by atoms with E-state index in [0.29, 0.717) is 0 Å². The van der Waals surface area contributed by atoms with E-state index in [1.54, 1.807) is 12.4 Å². The molecule has 0 bridgehead atoms. The Labute approximate surface area is 119 Å². The van der Waals surface area contributed by atoms with E-state index >= 15 is 0 Å². The Bertz CT molecular complexity index is 627. The fourth-order valence-corrected chi connectivity index (χ4v) is 1.35. The highest BCUT2D eigenvalue weighted by Crippen LogP contribution is 2.12. The highest BCUT2D eigenvalue weighted by atomic mass is 16.4. The van der Waals surface area contributed by atoms with Crippen molar-refractivity contribution in [2.75, 3.05) is 0 Å². The molecule has 0 spiro atoms. The molecule has 7 heteroatoms. The van der Waals surface area contributed by atoms with Gasteiger partial charge in [-0.15, -0.1) is 0 Å². The maximum absolute atomic E-state index is 10.6. The van der Waals surface area contributed by atoms with Crippen LogP contribution in [0, 0.1) is 0 Å². The van der Waals surface area contributed by atoms with Gasteiger partial charge < -0.3 is 15.3 Å². The van der Waals surface area contributed by atoms with Crippen LogP contribution in [0.2, 0.25) is 0 Å². The third-order valence-corrected chi connectivity index (χ3v) is 2.29. The first-order valence-corrected chi connectivity index (χ1v) is 5.62. The molecule has 21 heavy (non-hydrogen) atoms. The fraction of sp³-hybridized carbons (Fsp3) is 0. The Hall–Kier alpha value is -3.22. The molecule has 1 aromatic heterocycles. The number of rotatable bonds is 3. The van der Waals surface area contributed by atoms with Gasteiger partial charge in [-0.1, -0.05) is 6.07 Å². The largest absolute Gasteiger partial charge is 0.478 e. The predicted molar refractivity (Wildman–Crippen MR) is 71.6 cm³/mol. The van der Waals surface area contributed by atoms with Gasteiger partial charge in [0.1, 0.15) is 0 Å². The molecule has 108 valence electrons. The van der Waals surface area contributed by atoms with Crippen LogP contribution in [0.5, 0.6) is 0 Å². The van der Waals surface area contributed by atoms with Gasteiger partial charge in [0.2, 0.25) is 0 Å². The zero-order valence-electron chi connectivity index (χ0n) is 10.6. The van der Waals surface area contributed by atoms with Gasteiger partial charge in [-0.2, -0.15) is 0 Å². The van der Waals surface area contributed by atoms with Crippen molar-refractivity contribution >= 4 is 17.9 Å². The van der Waals surface area contributed by atoms with Crippen molar-refractivity contribution in [1.82, 2.24) is 4.98 Å². The standard InChI is InChI=1S/C9H6O6.C5H5N/c10-7(11)4-1-2-5(8(12)13)6(3-4)9(14)15;1-2-4-6-5-3-1/h1-3H,(H,10,11)(H,12,13)(H,14,15);1-5H. The Balaban J connectivity index is 0.000000304. The summed E-state index contributed by atoms with van der Waals surface area (Å²) < 4.78 is 0. The van der Waals surface area contributed by atoms with Gasteiger partial charge in [-0.3, -0.25) is 4.98 Å². The number of carboxylic acid groups (broad SMARTS) is 3. The highest BCUT2D eigenvalue weighted by Gasteiger charge is 2.17. The zero-order chi connectivity index (χ0) is 15.8. The molecule has 1 aromatic carbocycles. The van der Waals surface area contributed by atoms with Crippen molar-refractivity contribution in [3.63, 3.8) is 0 Å². The molecule has 0 aliphatic carbocycles. The third-order valence-electron chi connectivity index (χ3n) is 2.29. The number of carboxylic acids is 3. The number of aromatic nitrogens is 1. The maximum atomic E-state index is 10.6. The minimum Gasteiger partial charge on any atom is -0.478 e. The van der Waals surface area contributed by atoms with Crippen LogP contribution in [0.1, 0.15) is 31.1 Å². The number of nitrogens with zero attached hydrogens (tertiary/aromatic N) is 1. The van der Waals surface area contributed by atoms with Crippen molar-refractivity contribution in [2.24, 2.45) is 0 Å². The monoisotopic (exact) mass is 289 g/mol. The molecular formula is C14H11NO6. The Morgan fingerprint density at radius 2 is 1.33 bits per heavy atom. The summed E-state index contributed by atoms with van der Waals surface area (Å²) in [7, 11) is 0. The van der Waals surface area contributed by atoms with E-state index < -0.39 is 29.0 Å². The predicted octanol–water partition coefficient (Wildman–Crippen LogP) is 1.86. The van der Waals surface area contributed by atoms with Crippen LogP contribution < -0.4 is 0 Å². The number of aromatic carboxylic acids is 3. The molecule has 7 nitrogen and oxygen atoms in total. The summed E-state index contributed by atoms with van der Waals surface area (Å²) in [6.45, 7) is 0. The smallest absolute Gasteiger partial charge is 0.336 e. The van der Waals surface area contributed by atoms with Crippen LogP contribution >= 0.6 is 0 Å². The Morgan fingerprint density at radius 1 is 0.762 bits per heavy atom. The van der Waals surface area contributed by atoms with E-state index in [0.717, 1.165) is 18.2 Å². The topological polar surface area (TPSA) is 125 Å². The van der Waals surface area contributed by atoms with Crippen molar-refractivity contribution in [3.8, 4) is 0 Å². The van der Waals surface area contributed by atoms with E-state index in [9.17, 15) is 14.4 Å². The van der Waals surface area contributed by atoms with Crippen molar-refractivity contribution in [1.29, 1.82) is 0 Å². The molecule has 0 fully saturated rings. The van der Waals surface area contributed by atoms with Crippen LogP contribution in [0.3, 0.4) is 0 Å². The normalized spacial score (nSPS) is 9.14. The second-order valence-electron chi connectivity index (χ2n) is 3.70. The minimum atomic E-state index is -1.48. The van der Waals surface area contributed by atoms with E-state index in [4.69, 9.17) is 15.3 Å². The lowest BCUT2D eigenvalue weighted by molar-refractivity contribution is 0.0649. The number of hydrogen-bond acceptors (Lipinski definition) is 4. The average molecular weight is 289 g/mol. The van der Waals surface area contributed by atoms with Gasteiger partial charge in [0.25, 0.3) is 0 Å². The molecule has 0 saturated heterocycles. The second kappa shape index (κ2) is 7.39. The summed E-state index contributed by atoms with van der Waals surface area (Å²) in [6.07, 6.45) is 3.50. The molecule has 0 aliphatic rings. The number of benzene rings is 1. The summed E-state index contributed by atoms with van der Waals surface area (Å²) >= 11 is 0. The van der Waals surface area contributed by atoms with Gasteiger partial charge in [0.15, 0.2) is 0 Å².